The highest BCUT2D eigenvalue weighted by atomic mass is 32.2. The Morgan fingerprint density at radius 3 is 2.89 bits per heavy atom. The summed E-state index contributed by atoms with van der Waals surface area (Å²) in [6.07, 6.45) is 1.71. The molecule has 1 heterocycles. The van der Waals surface area contributed by atoms with Crippen LogP contribution < -0.4 is 4.74 Å². The van der Waals surface area contributed by atoms with Gasteiger partial charge in [0.05, 0.1) is 17.9 Å². The van der Waals surface area contributed by atoms with Crippen molar-refractivity contribution in [2.45, 2.75) is 24.2 Å². The molecule has 100 valence electrons. The Morgan fingerprint density at radius 2 is 2.16 bits per heavy atom. The van der Waals surface area contributed by atoms with Crippen LogP contribution in [-0.2, 0) is 4.79 Å². The second-order valence-electron chi connectivity index (χ2n) is 4.79. The number of Topliss-reactive ketones (excluding diaryl/α,β-unsaturated/α-hetero) is 2. The standard InChI is InChI=1S/C14H13FO3S/c15-10-4-3-9(14-13(10)18-5-6-19-14)12(17)7-11(16)8-1-2-8/h3-4,8H,1-2,5-7H2. The van der Waals surface area contributed by atoms with E-state index in [1.165, 1.54) is 23.9 Å². The number of ether oxygens (including phenoxy) is 1. The lowest BCUT2D eigenvalue weighted by atomic mass is 10.0. The topological polar surface area (TPSA) is 43.4 Å². The predicted octanol–water partition coefficient (Wildman–Crippen LogP) is 2.86. The Bertz CT molecular complexity index is 552. The van der Waals surface area contributed by atoms with Crippen LogP contribution in [0.15, 0.2) is 17.0 Å². The van der Waals surface area contributed by atoms with Crippen LogP contribution in [0.1, 0.15) is 29.6 Å². The largest absolute Gasteiger partial charge is 0.488 e. The molecule has 0 N–H and O–H groups in total. The third-order valence-electron chi connectivity index (χ3n) is 3.31. The van der Waals surface area contributed by atoms with Crippen molar-refractivity contribution in [3.05, 3.63) is 23.5 Å². The third kappa shape index (κ3) is 2.52. The monoisotopic (exact) mass is 280 g/mol. The van der Waals surface area contributed by atoms with Crippen LogP contribution in [0.2, 0.25) is 0 Å². The van der Waals surface area contributed by atoms with Crippen molar-refractivity contribution >= 4 is 23.3 Å². The highest BCUT2D eigenvalue weighted by molar-refractivity contribution is 7.99. The lowest BCUT2D eigenvalue weighted by Crippen LogP contribution is -2.15. The first-order valence-corrected chi connectivity index (χ1v) is 7.29. The third-order valence-corrected chi connectivity index (χ3v) is 4.37. The van der Waals surface area contributed by atoms with Crippen LogP contribution in [0.5, 0.6) is 5.75 Å². The minimum Gasteiger partial charge on any atom is -0.488 e. The molecule has 0 unspecified atom stereocenters. The van der Waals surface area contributed by atoms with Gasteiger partial charge < -0.3 is 4.74 Å². The molecule has 0 amide bonds. The zero-order valence-corrected chi connectivity index (χ0v) is 11.1. The van der Waals surface area contributed by atoms with Crippen LogP contribution in [0, 0.1) is 11.7 Å². The molecule has 1 aromatic carbocycles. The summed E-state index contributed by atoms with van der Waals surface area (Å²) in [5, 5.41) is 0. The number of hydrogen-bond donors (Lipinski definition) is 0. The maximum atomic E-state index is 13.6. The molecule has 1 aliphatic carbocycles. The second kappa shape index (κ2) is 4.96. The van der Waals surface area contributed by atoms with Gasteiger partial charge in [-0.2, -0.15) is 0 Å². The summed E-state index contributed by atoms with van der Waals surface area (Å²) in [7, 11) is 0. The van der Waals surface area contributed by atoms with Gasteiger partial charge in [-0.05, 0) is 25.0 Å². The average Bonchev–Trinajstić information content (AvgIpc) is 3.23. The normalized spacial score (nSPS) is 17.5. The molecule has 0 spiro atoms. The van der Waals surface area contributed by atoms with E-state index in [1.54, 1.807) is 0 Å². The number of fused-ring (bicyclic) bond motifs is 1. The molecule has 0 radical (unpaired) electrons. The smallest absolute Gasteiger partial charge is 0.171 e. The summed E-state index contributed by atoms with van der Waals surface area (Å²) in [6, 6.07) is 2.69. The lowest BCUT2D eigenvalue weighted by molar-refractivity contribution is -0.119. The van der Waals surface area contributed by atoms with Crippen LogP contribution in [0.4, 0.5) is 4.39 Å². The Balaban J connectivity index is 1.87. The van der Waals surface area contributed by atoms with Crippen molar-refractivity contribution in [3.63, 3.8) is 0 Å². The lowest BCUT2D eigenvalue weighted by Gasteiger charge is -2.19. The number of thioether (sulfide) groups is 1. The molecule has 1 aliphatic heterocycles. The number of rotatable bonds is 4. The highest BCUT2D eigenvalue weighted by Gasteiger charge is 2.32. The van der Waals surface area contributed by atoms with E-state index in [2.05, 4.69) is 0 Å². The fraction of sp³-hybridized carbons (Fsp3) is 0.429. The van der Waals surface area contributed by atoms with Crippen LogP contribution in [0.25, 0.3) is 0 Å². The summed E-state index contributed by atoms with van der Waals surface area (Å²) < 4.78 is 18.9. The second-order valence-corrected chi connectivity index (χ2v) is 5.90. The van der Waals surface area contributed by atoms with E-state index in [0.717, 1.165) is 12.8 Å². The predicted molar refractivity (Wildman–Crippen MR) is 69.3 cm³/mol. The molecule has 3 rings (SSSR count). The first kappa shape index (κ1) is 12.7. The fourth-order valence-corrected chi connectivity index (χ4v) is 3.12. The van der Waals surface area contributed by atoms with E-state index in [0.29, 0.717) is 22.8 Å². The number of benzene rings is 1. The highest BCUT2D eigenvalue weighted by Crippen LogP contribution is 2.39. The Hall–Kier alpha value is -1.36. The van der Waals surface area contributed by atoms with Crippen LogP contribution in [0.3, 0.4) is 0 Å². The van der Waals surface area contributed by atoms with Gasteiger partial charge in [-0.1, -0.05) is 0 Å². The maximum absolute atomic E-state index is 13.6. The van der Waals surface area contributed by atoms with Gasteiger partial charge >= 0.3 is 0 Å². The number of ketones is 2. The van der Waals surface area contributed by atoms with E-state index in [9.17, 15) is 14.0 Å². The summed E-state index contributed by atoms with van der Waals surface area (Å²) in [6.45, 7) is 0.438. The first-order valence-electron chi connectivity index (χ1n) is 6.31. The van der Waals surface area contributed by atoms with Gasteiger partial charge in [0.1, 0.15) is 5.78 Å². The van der Waals surface area contributed by atoms with Crippen molar-refractivity contribution in [2.75, 3.05) is 12.4 Å². The van der Waals surface area contributed by atoms with E-state index < -0.39 is 5.82 Å². The molecule has 19 heavy (non-hydrogen) atoms. The molecule has 0 bridgehead atoms. The summed E-state index contributed by atoms with van der Waals surface area (Å²) in [5.41, 5.74) is 0.412. The molecule has 1 fully saturated rings. The summed E-state index contributed by atoms with van der Waals surface area (Å²) in [4.78, 5) is 24.4. The number of carbonyl (C=O) groups is 2. The number of hydrogen-bond acceptors (Lipinski definition) is 4. The SMILES string of the molecule is O=C(CC(=O)C1CC1)c1ccc(F)c2c1SCCO2. The number of carbonyl (C=O) groups excluding carboxylic acids is 2. The van der Waals surface area contributed by atoms with Crippen molar-refractivity contribution < 1.29 is 18.7 Å². The number of halogens is 1. The minimum atomic E-state index is -0.452. The molecule has 0 saturated heterocycles. The van der Waals surface area contributed by atoms with Gasteiger partial charge in [0.25, 0.3) is 0 Å². The van der Waals surface area contributed by atoms with Gasteiger partial charge in [0.2, 0.25) is 0 Å². The van der Waals surface area contributed by atoms with Gasteiger partial charge in [0.15, 0.2) is 17.3 Å². The van der Waals surface area contributed by atoms with Crippen LogP contribution in [-0.4, -0.2) is 23.9 Å². The zero-order chi connectivity index (χ0) is 13.4. The van der Waals surface area contributed by atoms with E-state index in [-0.39, 0.29) is 29.7 Å². The quantitative estimate of drug-likeness (QED) is 0.628. The van der Waals surface area contributed by atoms with Crippen molar-refractivity contribution in [1.82, 2.24) is 0 Å². The maximum Gasteiger partial charge on any atom is 0.171 e. The van der Waals surface area contributed by atoms with E-state index in [4.69, 9.17) is 4.74 Å². The summed E-state index contributed by atoms with van der Waals surface area (Å²) >= 11 is 1.41. The average molecular weight is 280 g/mol. The Kier molecular flexibility index (Phi) is 3.31. The Labute approximate surface area is 114 Å². The molecular weight excluding hydrogens is 267 g/mol. The molecular formula is C14H13FO3S. The molecule has 0 aromatic heterocycles. The van der Waals surface area contributed by atoms with Gasteiger partial charge in [-0.25, -0.2) is 4.39 Å². The molecule has 1 saturated carbocycles. The van der Waals surface area contributed by atoms with Gasteiger partial charge in [-0.15, -0.1) is 11.8 Å². The van der Waals surface area contributed by atoms with Crippen molar-refractivity contribution in [2.24, 2.45) is 5.92 Å². The van der Waals surface area contributed by atoms with Crippen molar-refractivity contribution in [1.29, 1.82) is 0 Å². The molecule has 5 heteroatoms. The van der Waals surface area contributed by atoms with Gasteiger partial charge in [0, 0.05) is 17.2 Å². The van der Waals surface area contributed by atoms with Crippen molar-refractivity contribution in [3.8, 4) is 5.75 Å². The molecule has 2 aliphatic rings. The fourth-order valence-electron chi connectivity index (χ4n) is 2.13. The van der Waals surface area contributed by atoms with Crippen LogP contribution >= 0.6 is 11.8 Å². The van der Waals surface area contributed by atoms with E-state index in [1.807, 2.05) is 0 Å². The molecule has 0 atom stereocenters. The zero-order valence-electron chi connectivity index (χ0n) is 10.3. The Morgan fingerprint density at radius 1 is 1.37 bits per heavy atom. The van der Waals surface area contributed by atoms with E-state index >= 15 is 0 Å². The minimum absolute atomic E-state index is 0.00445. The summed E-state index contributed by atoms with van der Waals surface area (Å²) in [5.74, 6) is 0.237. The molecule has 1 aromatic rings. The molecule has 3 nitrogen and oxygen atoms in total. The van der Waals surface area contributed by atoms with Gasteiger partial charge in [-0.3, -0.25) is 9.59 Å². The first-order chi connectivity index (χ1) is 9.16.